The Kier molecular flexibility index (Phi) is 5.60. The summed E-state index contributed by atoms with van der Waals surface area (Å²) >= 11 is 0. The number of rotatable bonds is 6. The summed E-state index contributed by atoms with van der Waals surface area (Å²) in [7, 11) is 0. The maximum absolute atomic E-state index is 12.5. The number of fused-ring (bicyclic) bond motifs is 1. The summed E-state index contributed by atoms with van der Waals surface area (Å²) in [5, 5.41) is 0. The molecule has 0 aliphatic carbocycles. The molecule has 0 amide bonds. The van der Waals surface area contributed by atoms with Gasteiger partial charge in [0.15, 0.2) is 11.9 Å². The molecule has 5 nitrogen and oxygen atoms in total. The Morgan fingerprint density at radius 3 is 2.56 bits per heavy atom. The summed E-state index contributed by atoms with van der Waals surface area (Å²) in [5.41, 5.74) is 2.61. The summed E-state index contributed by atoms with van der Waals surface area (Å²) in [4.78, 5) is 24.2. The van der Waals surface area contributed by atoms with Gasteiger partial charge in [0.05, 0.1) is 12.2 Å². The number of benzene rings is 2. The SMILES string of the molecule is CCOC(=O)[C@@H](C)Oc1ccc2c(c1)O/C(=C\c1ccc(CC)cc1)C2=O. The molecule has 1 aliphatic rings. The van der Waals surface area contributed by atoms with Gasteiger partial charge in [-0.25, -0.2) is 4.79 Å². The number of allylic oxidation sites excluding steroid dienone is 1. The molecule has 0 aromatic heterocycles. The minimum absolute atomic E-state index is 0.172. The van der Waals surface area contributed by atoms with E-state index in [9.17, 15) is 9.59 Å². The third-order valence-corrected chi connectivity index (χ3v) is 4.26. The molecular weight excluding hydrogens is 344 g/mol. The zero-order valence-electron chi connectivity index (χ0n) is 15.7. The summed E-state index contributed by atoms with van der Waals surface area (Å²) < 4.78 is 16.2. The monoisotopic (exact) mass is 366 g/mol. The molecule has 0 spiro atoms. The zero-order valence-corrected chi connectivity index (χ0v) is 15.7. The fourth-order valence-electron chi connectivity index (χ4n) is 2.75. The van der Waals surface area contributed by atoms with Crippen molar-refractivity contribution in [3.8, 4) is 11.5 Å². The molecule has 1 heterocycles. The van der Waals surface area contributed by atoms with Gasteiger partial charge in [-0.2, -0.15) is 0 Å². The van der Waals surface area contributed by atoms with Gasteiger partial charge in [0.1, 0.15) is 11.5 Å². The van der Waals surface area contributed by atoms with Crippen molar-refractivity contribution in [2.75, 3.05) is 6.61 Å². The summed E-state index contributed by atoms with van der Waals surface area (Å²) in [6.07, 6.45) is 1.95. The topological polar surface area (TPSA) is 61.8 Å². The van der Waals surface area contributed by atoms with Crippen LogP contribution in [-0.2, 0) is 16.0 Å². The first-order chi connectivity index (χ1) is 13.0. The van der Waals surface area contributed by atoms with Crippen molar-refractivity contribution in [2.45, 2.75) is 33.3 Å². The maximum Gasteiger partial charge on any atom is 0.347 e. The Balaban J connectivity index is 1.76. The number of esters is 1. The Labute approximate surface area is 158 Å². The van der Waals surface area contributed by atoms with Crippen molar-refractivity contribution >= 4 is 17.8 Å². The molecule has 3 rings (SSSR count). The molecule has 1 atom stereocenters. The number of aryl methyl sites for hydroxylation is 1. The van der Waals surface area contributed by atoms with E-state index in [4.69, 9.17) is 14.2 Å². The van der Waals surface area contributed by atoms with Gasteiger partial charge in [0.25, 0.3) is 0 Å². The number of ketones is 1. The van der Waals surface area contributed by atoms with Crippen LogP contribution >= 0.6 is 0 Å². The van der Waals surface area contributed by atoms with Crippen molar-refractivity contribution in [1.82, 2.24) is 0 Å². The number of carbonyl (C=O) groups is 2. The summed E-state index contributed by atoms with van der Waals surface area (Å²) in [6.45, 7) is 5.74. The molecule has 0 radical (unpaired) electrons. The molecule has 27 heavy (non-hydrogen) atoms. The second-order valence-corrected chi connectivity index (χ2v) is 6.21. The first-order valence-electron chi connectivity index (χ1n) is 9.02. The molecule has 0 fully saturated rings. The van der Waals surface area contributed by atoms with Crippen molar-refractivity contribution in [3.05, 3.63) is 64.9 Å². The number of carbonyl (C=O) groups excluding carboxylic acids is 2. The first-order valence-corrected chi connectivity index (χ1v) is 9.02. The minimum atomic E-state index is -0.743. The van der Waals surface area contributed by atoms with Crippen molar-refractivity contribution < 1.29 is 23.8 Å². The van der Waals surface area contributed by atoms with E-state index in [1.165, 1.54) is 5.56 Å². The predicted octanol–water partition coefficient (Wildman–Crippen LogP) is 4.20. The van der Waals surface area contributed by atoms with Gasteiger partial charge in [-0.1, -0.05) is 31.2 Å². The van der Waals surface area contributed by atoms with E-state index in [0.717, 1.165) is 12.0 Å². The second-order valence-electron chi connectivity index (χ2n) is 6.21. The molecule has 2 aromatic carbocycles. The van der Waals surface area contributed by atoms with Crippen LogP contribution in [0.2, 0.25) is 0 Å². The van der Waals surface area contributed by atoms with Crippen LogP contribution in [0.5, 0.6) is 11.5 Å². The van der Waals surface area contributed by atoms with E-state index in [0.29, 0.717) is 23.7 Å². The van der Waals surface area contributed by atoms with E-state index in [2.05, 4.69) is 6.92 Å². The van der Waals surface area contributed by atoms with E-state index >= 15 is 0 Å². The Hall–Kier alpha value is -3.08. The van der Waals surface area contributed by atoms with Crippen LogP contribution in [0.25, 0.3) is 6.08 Å². The summed E-state index contributed by atoms with van der Waals surface area (Å²) in [5.74, 6) is 0.520. The minimum Gasteiger partial charge on any atom is -0.479 e. The molecule has 0 saturated heterocycles. The van der Waals surface area contributed by atoms with Crippen molar-refractivity contribution in [3.63, 3.8) is 0 Å². The lowest BCUT2D eigenvalue weighted by molar-refractivity contribution is -0.150. The molecule has 0 unspecified atom stereocenters. The lowest BCUT2D eigenvalue weighted by Gasteiger charge is -2.13. The second kappa shape index (κ2) is 8.08. The van der Waals surface area contributed by atoms with Crippen LogP contribution in [0.4, 0.5) is 0 Å². The molecule has 1 aliphatic heterocycles. The van der Waals surface area contributed by atoms with E-state index in [1.54, 1.807) is 38.1 Å². The highest BCUT2D eigenvalue weighted by Crippen LogP contribution is 2.35. The maximum atomic E-state index is 12.5. The van der Waals surface area contributed by atoms with Crippen molar-refractivity contribution in [2.24, 2.45) is 0 Å². The third kappa shape index (κ3) is 4.19. The van der Waals surface area contributed by atoms with E-state index in [1.807, 2.05) is 24.3 Å². The van der Waals surface area contributed by atoms with Crippen LogP contribution in [0.15, 0.2) is 48.2 Å². The predicted molar refractivity (Wildman–Crippen MR) is 102 cm³/mol. The standard InChI is InChI=1S/C22H22O5/c1-4-15-6-8-16(9-7-15)12-20-21(23)18-11-10-17(13-19(18)27-20)26-14(3)22(24)25-5-2/h6-14H,4-5H2,1-3H3/b20-12-/t14-/m1/s1. The lowest BCUT2D eigenvalue weighted by atomic mass is 10.1. The van der Waals surface area contributed by atoms with Crippen LogP contribution in [0, 0.1) is 0 Å². The average molecular weight is 366 g/mol. The zero-order chi connectivity index (χ0) is 19.4. The summed E-state index contributed by atoms with van der Waals surface area (Å²) in [6, 6.07) is 12.9. The molecule has 5 heteroatoms. The fraction of sp³-hybridized carbons (Fsp3) is 0.273. The largest absolute Gasteiger partial charge is 0.479 e. The van der Waals surface area contributed by atoms with Gasteiger partial charge >= 0.3 is 5.97 Å². The quantitative estimate of drug-likeness (QED) is 0.566. The molecule has 0 N–H and O–H groups in total. The van der Waals surface area contributed by atoms with Crippen LogP contribution in [-0.4, -0.2) is 24.5 Å². The Morgan fingerprint density at radius 1 is 1.15 bits per heavy atom. The molecular formula is C22H22O5. The molecule has 2 aromatic rings. The van der Waals surface area contributed by atoms with Gasteiger partial charge in [-0.3, -0.25) is 4.79 Å². The lowest BCUT2D eigenvalue weighted by Crippen LogP contribution is -2.26. The Bertz CT molecular complexity index is 880. The van der Waals surface area contributed by atoms with Gasteiger partial charge < -0.3 is 14.2 Å². The highest BCUT2D eigenvalue weighted by Gasteiger charge is 2.28. The smallest absolute Gasteiger partial charge is 0.347 e. The highest BCUT2D eigenvalue weighted by molar-refractivity contribution is 6.14. The van der Waals surface area contributed by atoms with Crippen LogP contribution in [0.1, 0.15) is 42.3 Å². The normalized spacial score (nSPS) is 15.2. The molecule has 0 saturated carbocycles. The number of hydrogen-bond donors (Lipinski definition) is 0. The van der Waals surface area contributed by atoms with E-state index < -0.39 is 12.1 Å². The van der Waals surface area contributed by atoms with Gasteiger partial charge in [-0.15, -0.1) is 0 Å². The van der Waals surface area contributed by atoms with Gasteiger partial charge in [0, 0.05) is 6.07 Å². The van der Waals surface area contributed by atoms with Crippen molar-refractivity contribution in [1.29, 1.82) is 0 Å². The third-order valence-electron chi connectivity index (χ3n) is 4.26. The average Bonchev–Trinajstić information content (AvgIpc) is 2.97. The number of Topliss-reactive ketones (excluding diaryl/α,β-unsaturated/α-hetero) is 1. The Morgan fingerprint density at radius 2 is 1.89 bits per heavy atom. The van der Waals surface area contributed by atoms with Crippen LogP contribution < -0.4 is 9.47 Å². The van der Waals surface area contributed by atoms with Gasteiger partial charge in [-0.05, 0) is 49.6 Å². The molecule has 140 valence electrons. The fourth-order valence-corrected chi connectivity index (χ4v) is 2.75. The van der Waals surface area contributed by atoms with Crippen LogP contribution in [0.3, 0.4) is 0 Å². The first kappa shape index (κ1) is 18.7. The van der Waals surface area contributed by atoms with E-state index in [-0.39, 0.29) is 11.5 Å². The van der Waals surface area contributed by atoms with Gasteiger partial charge in [0.2, 0.25) is 5.78 Å². The molecule has 0 bridgehead atoms. The number of ether oxygens (including phenoxy) is 3. The highest BCUT2D eigenvalue weighted by atomic mass is 16.6. The number of hydrogen-bond acceptors (Lipinski definition) is 5.